The molecule has 10 nitrogen and oxygen atoms in total. The Morgan fingerprint density at radius 1 is 1.32 bits per heavy atom. The van der Waals surface area contributed by atoms with Crippen LogP contribution >= 0.6 is 7.82 Å². The Kier molecular flexibility index (Phi) is 4.64. The van der Waals surface area contributed by atoms with E-state index in [0.29, 0.717) is 0 Å². The van der Waals surface area contributed by atoms with Crippen molar-refractivity contribution in [2.45, 2.75) is 24.0 Å². The highest BCUT2D eigenvalue weighted by Crippen LogP contribution is 2.43. The Balaban J connectivity index is 2.33. The molecule has 0 aromatic heterocycles. The molecule has 0 aliphatic carbocycles. The first-order chi connectivity index (χ1) is 10.2. The summed E-state index contributed by atoms with van der Waals surface area (Å²) < 4.78 is 20.0. The molecule has 1 fully saturated rings. The monoisotopic (exact) mass is 335 g/mol. The average molecular weight is 335 g/mol. The van der Waals surface area contributed by atoms with Crippen LogP contribution in [-0.4, -0.2) is 49.8 Å². The number of nitro groups is 1. The Hall–Kier alpha value is -1.39. The van der Waals surface area contributed by atoms with E-state index < -0.39 is 43.4 Å². The molecule has 1 aliphatic rings. The van der Waals surface area contributed by atoms with Gasteiger partial charge >= 0.3 is 13.5 Å². The Labute approximate surface area is 124 Å². The fraction of sp³-hybridized carbons (Fsp3) is 0.455. The van der Waals surface area contributed by atoms with Gasteiger partial charge in [-0.2, -0.15) is 0 Å². The fourth-order valence-electron chi connectivity index (χ4n) is 2.28. The summed E-state index contributed by atoms with van der Waals surface area (Å²) in [6.07, 6.45) is -5.17. The number of phosphoric acid groups is 1. The molecule has 11 heteroatoms. The first-order valence-electron chi connectivity index (χ1n) is 6.12. The van der Waals surface area contributed by atoms with Crippen LogP contribution in [0, 0.1) is 10.1 Å². The minimum absolute atomic E-state index is 0.00905. The minimum atomic E-state index is -4.84. The van der Waals surface area contributed by atoms with Crippen LogP contribution in [0.2, 0.25) is 0 Å². The molecule has 122 valence electrons. The van der Waals surface area contributed by atoms with Crippen molar-refractivity contribution in [3.05, 3.63) is 46.0 Å². The molecule has 1 heterocycles. The summed E-state index contributed by atoms with van der Waals surface area (Å²) in [5.41, 5.74) is -2.45. The van der Waals surface area contributed by atoms with E-state index in [-0.39, 0.29) is 5.56 Å². The zero-order chi connectivity index (χ0) is 16.5. The third-order valence-corrected chi connectivity index (χ3v) is 3.79. The van der Waals surface area contributed by atoms with Crippen molar-refractivity contribution in [2.24, 2.45) is 0 Å². The Bertz CT molecular complexity index is 590. The van der Waals surface area contributed by atoms with E-state index in [1.807, 2.05) is 0 Å². The molecule has 4 atom stereocenters. The largest absolute Gasteiger partial charge is 0.469 e. The van der Waals surface area contributed by atoms with Gasteiger partial charge in [-0.15, -0.1) is 0 Å². The van der Waals surface area contributed by atoms with Crippen molar-refractivity contribution in [2.75, 3.05) is 6.61 Å². The highest BCUT2D eigenvalue weighted by molar-refractivity contribution is 7.46. The first kappa shape index (κ1) is 17.0. The average Bonchev–Trinajstić information content (AvgIpc) is 2.71. The molecular formula is C11H14NO9P. The molecule has 1 aliphatic heterocycles. The zero-order valence-electron chi connectivity index (χ0n) is 11.1. The van der Waals surface area contributed by atoms with Crippen molar-refractivity contribution >= 4 is 7.82 Å². The lowest BCUT2D eigenvalue weighted by atomic mass is 9.95. The molecule has 0 saturated carbocycles. The summed E-state index contributed by atoms with van der Waals surface area (Å²) in [4.78, 5) is 27.8. The lowest BCUT2D eigenvalue weighted by Crippen LogP contribution is -2.46. The molecule has 1 aromatic rings. The molecule has 1 unspecified atom stereocenters. The summed E-state index contributed by atoms with van der Waals surface area (Å²) in [6, 6.07) is 7.25. The standard InChI is InChI=1S/C11H14NO9P/c13-9-8(6-20-22(17,18)19)21-11(10(9)14,12(15)16)7-4-2-1-3-5-7/h1-5,8-10,13-14H,6H2,(H2,17,18,19)/t8-,9-,10-,11?/m1/s1. The third kappa shape index (κ3) is 3.03. The Morgan fingerprint density at radius 2 is 1.91 bits per heavy atom. The molecule has 1 saturated heterocycles. The second kappa shape index (κ2) is 6.01. The van der Waals surface area contributed by atoms with Crippen LogP contribution in [0.15, 0.2) is 30.3 Å². The molecular weight excluding hydrogens is 321 g/mol. The van der Waals surface area contributed by atoms with Crippen LogP contribution in [0.1, 0.15) is 5.56 Å². The summed E-state index contributed by atoms with van der Waals surface area (Å²) in [7, 11) is -4.84. The molecule has 0 bridgehead atoms. The van der Waals surface area contributed by atoms with Crippen molar-refractivity contribution in [3.63, 3.8) is 0 Å². The number of benzene rings is 1. The van der Waals surface area contributed by atoms with Crippen LogP contribution in [-0.2, 0) is 19.6 Å². The predicted molar refractivity (Wildman–Crippen MR) is 70.0 cm³/mol. The van der Waals surface area contributed by atoms with Gasteiger partial charge in [0.25, 0.3) is 0 Å². The van der Waals surface area contributed by atoms with Crippen LogP contribution in [0.25, 0.3) is 0 Å². The first-order valence-corrected chi connectivity index (χ1v) is 7.65. The molecule has 1 aromatic carbocycles. The quantitative estimate of drug-likeness (QED) is 0.311. The lowest BCUT2D eigenvalue weighted by molar-refractivity contribution is -0.647. The smallest absolute Gasteiger partial charge is 0.387 e. The van der Waals surface area contributed by atoms with Gasteiger partial charge in [-0.25, -0.2) is 4.57 Å². The number of aliphatic hydroxyl groups is 2. The second-order valence-corrected chi connectivity index (χ2v) is 5.94. The van der Waals surface area contributed by atoms with Crippen LogP contribution in [0.4, 0.5) is 0 Å². The van der Waals surface area contributed by atoms with Crippen molar-refractivity contribution in [3.8, 4) is 0 Å². The summed E-state index contributed by atoms with van der Waals surface area (Å²) in [6.45, 7) is -0.815. The number of aliphatic hydroxyl groups excluding tert-OH is 2. The zero-order valence-corrected chi connectivity index (χ0v) is 11.9. The number of nitrogens with zero attached hydrogens (tertiary/aromatic N) is 1. The summed E-state index contributed by atoms with van der Waals surface area (Å²) in [5.74, 6) is 0. The van der Waals surface area contributed by atoms with E-state index in [4.69, 9.17) is 14.5 Å². The van der Waals surface area contributed by atoms with Crippen molar-refractivity contribution < 1.29 is 38.7 Å². The highest BCUT2D eigenvalue weighted by atomic mass is 31.2. The van der Waals surface area contributed by atoms with Crippen LogP contribution in [0.5, 0.6) is 0 Å². The van der Waals surface area contributed by atoms with Gasteiger partial charge in [0.15, 0.2) is 6.10 Å². The number of ether oxygens (including phenoxy) is 1. The minimum Gasteiger partial charge on any atom is -0.387 e. The van der Waals surface area contributed by atoms with E-state index in [1.165, 1.54) is 24.3 Å². The number of phosphoric ester groups is 1. The topological polar surface area (TPSA) is 160 Å². The maximum Gasteiger partial charge on any atom is 0.469 e. The molecule has 2 rings (SSSR count). The molecule has 0 spiro atoms. The van der Waals surface area contributed by atoms with E-state index in [9.17, 15) is 24.9 Å². The van der Waals surface area contributed by atoms with Crippen LogP contribution in [0.3, 0.4) is 0 Å². The number of hydrogen-bond acceptors (Lipinski definition) is 7. The SMILES string of the molecule is O=[N+]([O-])C1(c2ccccc2)O[C@H](COP(=O)(O)O)[C@@H](O)[C@H]1O. The van der Waals surface area contributed by atoms with E-state index in [2.05, 4.69) is 4.52 Å². The van der Waals surface area contributed by atoms with Crippen molar-refractivity contribution in [1.29, 1.82) is 0 Å². The van der Waals surface area contributed by atoms with Gasteiger partial charge in [0.05, 0.1) is 17.1 Å². The lowest BCUT2D eigenvalue weighted by Gasteiger charge is -2.23. The molecule has 22 heavy (non-hydrogen) atoms. The molecule has 0 amide bonds. The number of hydrogen-bond donors (Lipinski definition) is 4. The van der Waals surface area contributed by atoms with Crippen LogP contribution < -0.4 is 0 Å². The normalized spacial score (nSPS) is 32.1. The number of rotatable bonds is 5. The highest BCUT2D eigenvalue weighted by Gasteiger charge is 2.65. The maximum atomic E-state index is 11.4. The van der Waals surface area contributed by atoms with Gasteiger partial charge < -0.3 is 24.7 Å². The Morgan fingerprint density at radius 3 is 2.41 bits per heavy atom. The maximum absolute atomic E-state index is 11.4. The molecule has 4 N–H and O–H groups in total. The van der Waals surface area contributed by atoms with Gasteiger partial charge in [-0.3, -0.25) is 14.6 Å². The van der Waals surface area contributed by atoms with E-state index >= 15 is 0 Å². The van der Waals surface area contributed by atoms with Crippen molar-refractivity contribution in [1.82, 2.24) is 0 Å². The van der Waals surface area contributed by atoms with Gasteiger partial charge in [0.1, 0.15) is 12.2 Å². The summed E-state index contributed by atoms with van der Waals surface area (Å²) >= 11 is 0. The second-order valence-electron chi connectivity index (χ2n) is 4.70. The van der Waals surface area contributed by atoms with Gasteiger partial charge in [-0.1, -0.05) is 18.2 Å². The molecule has 0 radical (unpaired) electrons. The van der Waals surface area contributed by atoms with E-state index in [0.717, 1.165) is 0 Å². The van der Waals surface area contributed by atoms with Gasteiger partial charge in [0, 0.05) is 0 Å². The van der Waals surface area contributed by atoms with Gasteiger partial charge in [-0.05, 0) is 12.1 Å². The van der Waals surface area contributed by atoms with E-state index in [1.54, 1.807) is 6.07 Å². The summed E-state index contributed by atoms with van der Waals surface area (Å²) in [5, 5.41) is 31.4. The third-order valence-electron chi connectivity index (χ3n) is 3.30. The fourth-order valence-corrected chi connectivity index (χ4v) is 2.62. The van der Waals surface area contributed by atoms with Gasteiger partial charge in [0.2, 0.25) is 0 Å². The predicted octanol–water partition coefficient (Wildman–Crippen LogP) is -0.654.